The number of thiophene rings is 1. The van der Waals surface area contributed by atoms with Crippen molar-refractivity contribution in [2.45, 2.75) is 65.3 Å². The van der Waals surface area contributed by atoms with Crippen LogP contribution in [0.3, 0.4) is 0 Å². The SMILES string of the molecule is CC(C)(C)[C@H]1CCc2sc(C(=O)NNC(=O)CN3C(=O)N[C@@](C)(C4CC4)C3=O)cc2C1. The molecule has 0 radical (unpaired) electrons. The Labute approximate surface area is 186 Å². The van der Waals surface area contributed by atoms with Gasteiger partial charge in [-0.1, -0.05) is 20.8 Å². The summed E-state index contributed by atoms with van der Waals surface area (Å²) in [6, 6.07) is 1.35. The first kappa shape index (κ1) is 21.8. The van der Waals surface area contributed by atoms with Gasteiger partial charge in [-0.15, -0.1) is 11.3 Å². The monoisotopic (exact) mass is 446 g/mol. The van der Waals surface area contributed by atoms with Gasteiger partial charge in [0.2, 0.25) is 0 Å². The van der Waals surface area contributed by atoms with E-state index in [1.165, 1.54) is 21.8 Å². The Hall–Kier alpha value is -2.42. The van der Waals surface area contributed by atoms with Gasteiger partial charge < -0.3 is 5.32 Å². The Balaban J connectivity index is 1.31. The summed E-state index contributed by atoms with van der Waals surface area (Å²) in [5.41, 5.74) is 5.25. The molecule has 0 unspecified atom stereocenters. The van der Waals surface area contributed by atoms with Gasteiger partial charge in [-0.2, -0.15) is 0 Å². The van der Waals surface area contributed by atoms with Crippen LogP contribution in [0.25, 0.3) is 0 Å². The van der Waals surface area contributed by atoms with Crippen LogP contribution in [-0.2, 0) is 22.4 Å². The first-order valence-electron chi connectivity index (χ1n) is 10.8. The van der Waals surface area contributed by atoms with E-state index in [1.807, 2.05) is 6.07 Å². The van der Waals surface area contributed by atoms with Crippen molar-refractivity contribution >= 4 is 35.1 Å². The van der Waals surface area contributed by atoms with Gasteiger partial charge in [0.05, 0.1) is 4.88 Å². The minimum absolute atomic E-state index is 0.124. The Morgan fingerprint density at radius 2 is 1.94 bits per heavy atom. The van der Waals surface area contributed by atoms with E-state index in [9.17, 15) is 19.2 Å². The molecule has 2 fully saturated rings. The molecule has 4 rings (SSSR count). The molecule has 9 heteroatoms. The fraction of sp³-hybridized carbons (Fsp3) is 0.636. The van der Waals surface area contributed by atoms with Crippen LogP contribution in [0.5, 0.6) is 0 Å². The van der Waals surface area contributed by atoms with Crippen LogP contribution in [0, 0.1) is 17.3 Å². The van der Waals surface area contributed by atoms with E-state index < -0.39 is 24.0 Å². The Morgan fingerprint density at radius 3 is 2.58 bits per heavy atom. The highest BCUT2D eigenvalue weighted by Crippen LogP contribution is 2.42. The molecule has 1 aliphatic heterocycles. The Morgan fingerprint density at radius 1 is 1.23 bits per heavy atom. The van der Waals surface area contributed by atoms with Crippen molar-refractivity contribution in [2.24, 2.45) is 17.3 Å². The lowest BCUT2D eigenvalue weighted by molar-refractivity contribution is -0.135. The number of aryl methyl sites for hydroxylation is 1. The molecular weight excluding hydrogens is 416 g/mol. The first-order valence-corrected chi connectivity index (χ1v) is 11.7. The number of hydrazine groups is 1. The van der Waals surface area contributed by atoms with Crippen LogP contribution in [0.1, 0.15) is 67.1 Å². The number of nitrogens with one attached hydrogen (secondary N) is 3. The van der Waals surface area contributed by atoms with E-state index in [1.54, 1.807) is 6.92 Å². The highest BCUT2D eigenvalue weighted by atomic mass is 32.1. The highest BCUT2D eigenvalue weighted by Gasteiger charge is 2.56. The second kappa shape index (κ2) is 7.62. The van der Waals surface area contributed by atoms with Crippen molar-refractivity contribution in [2.75, 3.05) is 6.54 Å². The third kappa shape index (κ3) is 4.20. The van der Waals surface area contributed by atoms with Crippen LogP contribution in [0.2, 0.25) is 0 Å². The minimum atomic E-state index is -0.929. The summed E-state index contributed by atoms with van der Waals surface area (Å²) in [7, 11) is 0. The van der Waals surface area contributed by atoms with Crippen molar-refractivity contribution in [1.82, 2.24) is 21.1 Å². The molecule has 1 saturated heterocycles. The van der Waals surface area contributed by atoms with Crippen molar-refractivity contribution < 1.29 is 19.2 Å². The van der Waals surface area contributed by atoms with Gasteiger partial charge in [0.25, 0.3) is 17.7 Å². The van der Waals surface area contributed by atoms with Crippen molar-refractivity contribution in [3.05, 3.63) is 21.4 Å². The number of nitrogens with zero attached hydrogens (tertiary/aromatic N) is 1. The molecule has 1 aromatic rings. The molecular formula is C22H30N4O4S. The molecule has 8 nitrogen and oxygen atoms in total. The lowest BCUT2D eigenvalue weighted by Gasteiger charge is -2.33. The van der Waals surface area contributed by atoms with Gasteiger partial charge in [-0.3, -0.25) is 30.1 Å². The molecule has 5 amide bonds. The van der Waals surface area contributed by atoms with E-state index in [2.05, 4.69) is 36.9 Å². The largest absolute Gasteiger partial charge is 0.325 e. The summed E-state index contributed by atoms with van der Waals surface area (Å²) in [5, 5.41) is 2.70. The summed E-state index contributed by atoms with van der Waals surface area (Å²) in [4.78, 5) is 52.3. The number of urea groups is 1. The fourth-order valence-electron chi connectivity index (χ4n) is 4.54. The van der Waals surface area contributed by atoms with Gasteiger partial charge in [-0.05, 0) is 67.9 Å². The zero-order chi connectivity index (χ0) is 22.6. The van der Waals surface area contributed by atoms with Crippen LogP contribution in [0.15, 0.2) is 6.07 Å². The molecule has 3 N–H and O–H groups in total. The standard InChI is InChI=1S/C22H30N4O4S/c1-21(2,3)14-7-8-15-12(9-14)10-16(31-15)18(28)25-24-17(27)11-26-19(29)22(4,13-5-6-13)23-20(26)30/h10,13-14H,5-9,11H2,1-4H3,(H,23,30)(H,24,27)(H,25,28)/t14-,22-/m0/s1. The third-order valence-electron chi connectivity index (χ3n) is 6.84. The molecule has 168 valence electrons. The number of hydrogen-bond donors (Lipinski definition) is 3. The maximum absolute atomic E-state index is 12.6. The van der Waals surface area contributed by atoms with E-state index >= 15 is 0 Å². The molecule has 0 spiro atoms. The summed E-state index contributed by atoms with van der Waals surface area (Å²) in [6.07, 6.45) is 4.81. The second-order valence-electron chi connectivity index (χ2n) is 10.2. The van der Waals surface area contributed by atoms with Gasteiger partial charge in [0, 0.05) is 4.88 Å². The lowest BCUT2D eigenvalue weighted by Crippen LogP contribution is -2.49. The molecule has 3 aliphatic rings. The first-order chi connectivity index (χ1) is 14.5. The summed E-state index contributed by atoms with van der Waals surface area (Å²) in [6.45, 7) is 8.01. The molecule has 0 aromatic carbocycles. The quantitative estimate of drug-likeness (QED) is 0.487. The smallest absolute Gasteiger partial charge is 0.323 e. The van der Waals surface area contributed by atoms with E-state index in [0.717, 1.165) is 37.0 Å². The number of hydrogen-bond acceptors (Lipinski definition) is 5. The maximum atomic E-state index is 12.6. The fourth-order valence-corrected chi connectivity index (χ4v) is 5.65. The van der Waals surface area contributed by atoms with E-state index in [0.29, 0.717) is 10.8 Å². The number of imide groups is 1. The van der Waals surface area contributed by atoms with E-state index in [4.69, 9.17) is 0 Å². The average molecular weight is 447 g/mol. The Bertz CT molecular complexity index is 946. The van der Waals surface area contributed by atoms with Gasteiger partial charge in [0.15, 0.2) is 0 Å². The summed E-state index contributed by atoms with van der Waals surface area (Å²) in [5.74, 6) is -0.693. The van der Waals surface area contributed by atoms with Crippen LogP contribution >= 0.6 is 11.3 Å². The van der Waals surface area contributed by atoms with Crippen LogP contribution in [-0.4, -0.2) is 40.7 Å². The lowest BCUT2D eigenvalue weighted by atomic mass is 9.72. The minimum Gasteiger partial charge on any atom is -0.323 e. The topological polar surface area (TPSA) is 108 Å². The zero-order valence-electron chi connectivity index (χ0n) is 18.5. The maximum Gasteiger partial charge on any atom is 0.325 e. The van der Waals surface area contributed by atoms with Gasteiger partial charge in [0.1, 0.15) is 12.1 Å². The van der Waals surface area contributed by atoms with Crippen molar-refractivity contribution in [3.8, 4) is 0 Å². The normalized spacial score (nSPS) is 25.8. The summed E-state index contributed by atoms with van der Waals surface area (Å²) >= 11 is 1.46. The predicted molar refractivity (Wildman–Crippen MR) is 116 cm³/mol. The zero-order valence-corrected chi connectivity index (χ0v) is 19.3. The van der Waals surface area contributed by atoms with Gasteiger partial charge >= 0.3 is 6.03 Å². The van der Waals surface area contributed by atoms with Crippen LogP contribution < -0.4 is 16.2 Å². The number of amides is 5. The summed E-state index contributed by atoms with van der Waals surface area (Å²) < 4.78 is 0. The average Bonchev–Trinajstić information content (AvgIpc) is 3.43. The third-order valence-corrected chi connectivity index (χ3v) is 8.08. The van der Waals surface area contributed by atoms with E-state index in [-0.39, 0.29) is 23.1 Å². The number of rotatable bonds is 4. The molecule has 2 aliphatic carbocycles. The van der Waals surface area contributed by atoms with Gasteiger partial charge in [-0.25, -0.2) is 4.79 Å². The second-order valence-corrected chi connectivity index (χ2v) is 11.3. The number of fused-ring (bicyclic) bond motifs is 1. The molecule has 2 atom stereocenters. The van der Waals surface area contributed by atoms with Crippen molar-refractivity contribution in [1.29, 1.82) is 0 Å². The molecule has 2 heterocycles. The predicted octanol–water partition coefficient (Wildman–Crippen LogP) is 2.38. The molecule has 0 bridgehead atoms. The molecule has 1 saturated carbocycles. The number of carbonyl (C=O) groups is 4. The Kier molecular flexibility index (Phi) is 5.36. The molecule has 31 heavy (non-hydrogen) atoms. The highest BCUT2D eigenvalue weighted by molar-refractivity contribution is 7.14. The van der Waals surface area contributed by atoms with Crippen LogP contribution in [0.4, 0.5) is 4.79 Å². The van der Waals surface area contributed by atoms with Crippen molar-refractivity contribution in [3.63, 3.8) is 0 Å². The number of carbonyl (C=O) groups excluding carboxylic acids is 4. The molecule has 1 aromatic heterocycles.